The first-order chi connectivity index (χ1) is 14.4. The van der Waals surface area contributed by atoms with Crippen molar-refractivity contribution in [3.63, 3.8) is 0 Å². The van der Waals surface area contributed by atoms with Gasteiger partial charge in [0.2, 0.25) is 10.0 Å². The molecule has 2 aromatic rings. The Morgan fingerprint density at radius 2 is 2.10 bits per heavy atom. The number of sulfonamides is 1. The Morgan fingerprint density at radius 1 is 1.27 bits per heavy atom. The zero-order valence-electron chi connectivity index (χ0n) is 16.3. The Labute approximate surface area is 174 Å². The summed E-state index contributed by atoms with van der Waals surface area (Å²) in [6.45, 7) is 0.343. The molecule has 3 rings (SSSR count). The number of hydrogen-bond donors (Lipinski definition) is 0. The van der Waals surface area contributed by atoms with E-state index in [0.29, 0.717) is 32.1 Å². The molecule has 1 atom stereocenters. The van der Waals surface area contributed by atoms with Crippen LogP contribution in [0.1, 0.15) is 31.2 Å². The maximum atomic E-state index is 13.1. The van der Waals surface area contributed by atoms with Gasteiger partial charge < -0.3 is 4.74 Å². The van der Waals surface area contributed by atoms with Gasteiger partial charge in [0, 0.05) is 31.1 Å². The highest BCUT2D eigenvalue weighted by Crippen LogP contribution is 2.28. The number of carbonyl (C=O) groups excluding carboxylic acids is 1. The van der Waals surface area contributed by atoms with Gasteiger partial charge in [0.1, 0.15) is 6.04 Å². The quantitative estimate of drug-likeness (QED) is 0.272. The molecule has 30 heavy (non-hydrogen) atoms. The van der Waals surface area contributed by atoms with E-state index in [9.17, 15) is 23.3 Å². The fourth-order valence-electron chi connectivity index (χ4n) is 3.41. The van der Waals surface area contributed by atoms with Crippen molar-refractivity contribution in [3.8, 4) is 0 Å². The minimum Gasteiger partial charge on any atom is -0.464 e. The van der Waals surface area contributed by atoms with Crippen LogP contribution in [0.15, 0.2) is 53.7 Å². The van der Waals surface area contributed by atoms with Crippen LogP contribution in [0, 0.1) is 10.1 Å². The van der Waals surface area contributed by atoms with Gasteiger partial charge in [0.25, 0.3) is 5.69 Å². The molecule has 1 fully saturated rings. The molecule has 0 unspecified atom stereocenters. The molecule has 0 spiro atoms. The summed E-state index contributed by atoms with van der Waals surface area (Å²) >= 11 is 0. The van der Waals surface area contributed by atoms with E-state index in [1.807, 2.05) is 12.1 Å². The zero-order chi connectivity index (χ0) is 21.6. The summed E-state index contributed by atoms with van der Waals surface area (Å²) in [7, 11) is -4.07. The van der Waals surface area contributed by atoms with Crippen molar-refractivity contribution in [2.45, 2.75) is 43.0 Å². The zero-order valence-corrected chi connectivity index (χ0v) is 17.2. The second-order valence-corrected chi connectivity index (χ2v) is 8.90. The summed E-state index contributed by atoms with van der Waals surface area (Å²) < 4.78 is 32.6. The summed E-state index contributed by atoms with van der Waals surface area (Å²) in [5.41, 5.74) is 0.712. The summed E-state index contributed by atoms with van der Waals surface area (Å²) in [6, 6.07) is 7.70. The number of piperidine rings is 1. The van der Waals surface area contributed by atoms with Crippen molar-refractivity contribution in [2.75, 3.05) is 13.2 Å². The molecule has 160 valence electrons. The van der Waals surface area contributed by atoms with E-state index in [1.165, 1.54) is 18.2 Å². The molecule has 0 bridgehead atoms. The number of pyridine rings is 1. The molecule has 0 amide bonds. The maximum Gasteiger partial charge on any atom is 0.324 e. The normalized spacial score (nSPS) is 17.4. The van der Waals surface area contributed by atoms with Crippen molar-refractivity contribution < 1.29 is 22.9 Å². The molecule has 2 heterocycles. The lowest BCUT2D eigenvalue weighted by Gasteiger charge is -2.33. The van der Waals surface area contributed by atoms with E-state index in [1.54, 1.807) is 12.4 Å². The maximum absolute atomic E-state index is 13.1. The molecule has 1 aliphatic heterocycles. The minimum atomic E-state index is -4.07. The lowest BCUT2D eigenvalue weighted by atomic mass is 10.1. The Bertz CT molecular complexity index is 997. The van der Waals surface area contributed by atoms with Gasteiger partial charge in [-0.25, -0.2) is 8.42 Å². The predicted octanol–water partition coefficient (Wildman–Crippen LogP) is 2.71. The molecule has 1 aromatic carbocycles. The number of benzene rings is 1. The number of aryl methyl sites for hydroxylation is 1. The third kappa shape index (κ3) is 5.19. The molecule has 1 saturated heterocycles. The van der Waals surface area contributed by atoms with E-state index >= 15 is 0 Å². The Kier molecular flexibility index (Phi) is 7.11. The molecule has 9 nitrogen and oxygen atoms in total. The van der Waals surface area contributed by atoms with E-state index in [4.69, 9.17) is 4.74 Å². The van der Waals surface area contributed by atoms with Crippen LogP contribution in [0.2, 0.25) is 0 Å². The molecule has 0 saturated carbocycles. The molecular formula is C20H23N3O6S. The summed E-state index contributed by atoms with van der Waals surface area (Å²) in [4.78, 5) is 26.8. The van der Waals surface area contributed by atoms with Crippen molar-refractivity contribution in [1.29, 1.82) is 0 Å². The third-order valence-electron chi connectivity index (χ3n) is 4.94. The largest absolute Gasteiger partial charge is 0.464 e. The molecule has 1 aliphatic rings. The van der Waals surface area contributed by atoms with Gasteiger partial charge in [-0.15, -0.1) is 0 Å². The van der Waals surface area contributed by atoms with Crippen molar-refractivity contribution >= 4 is 21.7 Å². The minimum absolute atomic E-state index is 0.167. The molecule has 0 aliphatic carbocycles. The number of nitrogens with zero attached hydrogens (tertiary/aromatic N) is 3. The van der Waals surface area contributed by atoms with Crippen LogP contribution in [0.25, 0.3) is 0 Å². The van der Waals surface area contributed by atoms with Crippen LogP contribution in [0.5, 0.6) is 0 Å². The molecule has 10 heteroatoms. The van der Waals surface area contributed by atoms with Gasteiger partial charge in [-0.1, -0.05) is 12.1 Å². The standard InChI is InChI=1S/C20H23N3O6S/c24-20(29-13-5-7-16-6-4-11-21-15-16)19-10-1-2-12-22(19)30(27,28)18-9-3-8-17(14-18)23(25)26/h3-4,6,8-9,11,14-15,19H,1-2,5,7,10,12-13H2/t19-/m0/s1. The van der Waals surface area contributed by atoms with Crippen LogP contribution >= 0.6 is 0 Å². The second kappa shape index (κ2) is 9.77. The molecule has 0 N–H and O–H groups in total. The van der Waals surface area contributed by atoms with E-state index < -0.39 is 27.0 Å². The fourth-order valence-corrected chi connectivity index (χ4v) is 5.10. The molecule has 0 radical (unpaired) electrons. The van der Waals surface area contributed by atoms with Crippen LogP contribution in [-0.4, -0.2) is 47.8 Å². The Balaban J connectivity index is 1.67. The van der Waals surface area contributed by atoms with Crippen LogP contribution < -0.4 is 0 Å². The Hall–Kier alpha value is -2.85. The summed E-state index contributed by atoms with van der Waals surface area (Å²) in [6.07, 6.45) is 6.40. The van der Waals surface area contributed by atoms with Gasteiger partial charge in [0.15, 0.2) is 0 Å². The number of hydrogen-bond acceptors (Lipinski definition) is 7. The van der Waals surface area contributed by atoms with Gasteiger partial charge in [-0.3, -0.25) is 19.9 Å². The first-order valence-corrected chi connectivity index (χ1v) is 11.2. The molecular weight excluding hydrogens is 410 g/mol. The predicted molar refractivity (Wildman–Crippen MR) is 108 cm³/mol. The van der Waals surface area contributed by atoms with Crippen LogP contribution in [0.3, 0.4) is 0 Å². The first kappa shape index (κ1) is 21.8. The lowest BCUT2D eigenvalue weighted by Crippen LogP contribution is -2.48. The topological polar surface area (TPSA) is 120 Å². The van der Waals surface area contributed by atoms with Crippen LogP contribution in [-0.2, 0) is 26.0 Å². The highest BCUT2D eigenvalue weighted by atomic mass is 32.2. The van der Waals surface area contributed by atoms with Crippen molar-refractivity contribution in [3.05, 3.63) is 64.5 Å². The van der Waals surface area contributed by atoms with Gasteiger partial charge in [-0.05, 0) is 49.8 Å². The summed E-state index contributed by atoms with van der Waals surface area (Å²) in [5, 5.41) is 11.0. The third-order valence-corrected chi connectivity index (χ3v) is 6.84. The fraction of sp³-hybridized carbons (Fsp3) is 0.400. The van der Waals surface area contributed by atoms with Crippen LogP contribution in [0.4, 0.5) is 5.69 Å². The van der Waals surface area contributed by atoms with E-state index in [2.05, 4.69) is 4.98 Å². The lowest BCUT2D eigenvalue weighted by molar-refractivity contribution is -0.385. The highest BCUT2D eigenvalue weighted by molar-refractivity contribution is 7.89. The number of esters is 1. The monoisotopic (exact) mass is 433 g/mol. The second-order valence-electron chi connectivity index (χ2n) is 7.01. The highest BCUT2D eigenvalue weighted by Gasteiger charge is 2.39. The number of rotatable bonds is 8. The van der Waals surface area contributed by atoms with Gasteiger partial charge >= 0.3 is 5.97 Å². The molecule has 1 aromatic heterocycles. The SMILES string of the molecule is O=C(OCCCc1cccnc1)[C@@H]1CCCCN1S(=O)(=O)c1cccc([N+](=O)[O-])c1. The van der Waals surface area contributed by atoms with E-state index in [0.717, 1.165) is 15.9 Å². The van der Waals surface area contributed by atoms with Gasteiger partial charge in [-0.2, -0.15) is 4.31 Å². The van der Waals surface area contributed by atoms with E-state index in [-0.39, 0.29) is 23.7 Å². The number of nitro benzene ring substituents is 1. The number of nitro groups is 1. The number of carbonyl (C=O) groups is 1. The number of ether oxygens (including phenoxy) is 1. The average molecular weight is 433 g/mol. The van der Waals surface area contributed by atoms with Crippen molar-refractivity contribution in [1.82, 2.24) is 9.29 Å². The van der Waals surface area contributed by atoms with Gasteiger partial charge in [0.05, 0.1) is 16.4 Å². The number of non-ortho nitro benzene ring substituents is 1. The number of aromatic nitrogens is 1. The first-order valence-electron chi connectivity index (χ1n) is 9.71. The summed E-state index contributed by atoms with van der Waals surface area (Å²) in [5.74, 6) is -0.588. The average Bonchev–Trinajstić information content (AvgIpc) is 2.77. The Morgan fingerprint density at radius 3 is 2.83 bits per heavy atom. The van der Waals surface area contributed by atoms with Crippen molar-refractivity contribution in [2.24, 2.45) is 0 Å². The smallest absolute Gasteiger partial charge is 0.324 e.